The molecule has 2 spiro atoms. The maximum Gasteiger partial charge on any atom is 0.311 e. The number of aliphatic carboxylic acids is 1. The first-order valence-corrected chi connectivity index (χ1v) is 21.1. The number of carboxylic acid groups (broad SMARTS) is 1. The molecule has 7 rings (SSSR count). The van der Waals surface area contributed by atoms with Crippen LogP contribution in [0.3, 0.4) is 0 Å². The number of ether oxygens (including phenoxy) is 4. The van der Waals surface area contributed by atoms with Gasteiger partial charge in [0.05, 0.1) is 43.3 Å². The van der Waals surface area contributed by atoms with Gasteiger partial charge >= 0.3 is 5.97 Å². The van der Waals surface area contributed by atoms with Gasteiger partial charge in [-0.05, 0) is 105 Å². The molecule has 3 aliphatic heterocycles. The minimum atomic E-state index is -0.864. The molecule has 2 aliphatic carbocycles. The van der Waals surface area contributed by atoms with Gasteiger partial charge in [-0.25, -0.2) is 0 Å². The number of allylic oxidation sites excluding steroid dienone is 3. The Morgan fingerprint density at radius 3 is 2.59 bits per heavy atom. The Bertz CT molecular complexity index is 1910. The van der Waals surface area contributed by atoms with E-state index in [2.05, 4.69) is 35.0 Å². The molecular formula is C45H62N4O10. The number of carbonyl (C=O) groups is 1. The number of aliphatic hydroxyl groups excluding tert-OH is 2. The van der Waals surface area contributed by atoms with Crippen LogP contribution >= 0.6 is 0 Å². The summed E-state index contributed by atoms with van der Waals surface area (Å²) in [5, 5.41) is 63.2. The van der Waals surface area contributed by atoms with Gasteiger partial charge in [-0.2, -0.15) is 0 Å². The molecule has 9 unspecified atom stereocenters. The van der Waals surface area contributed by atoms with Crippen molar-refractivity contribution in [2.24, 2.45) is 28.4 Å². The molecular weight excluding hydrogens is 757 g/mol. The predicted molar refractivity (Wildman–Crippen MR) is 221 cm³/mol. The highest BCUT2D eigenvalue weighted by molar-refractivity contribution is 5.75. The van der Waals surface area contributed by atoms with Gasteiger partial charge < -0.3 is 60.8 Å². The molecule has 2 aromatic carbocycles. The number of carboxylic acids is 1. The lowest BCUT2D eigenvalue weighted by molar-refractivity contribution is -0.160. The van der Waals surface area contributed by atoms with Gasteiger partial charge in [0, 0.05) is 42.9 Å². The summed E-state index contributed by atoms with van der Waals surface area (Å²) in [6.45, 7) is 4.97. The molecule has 0 bridgehead atoms. The molecule has 14 nitrogen and oxygen atoms in total. The molecule has 5 aliphatic rings. The van der Waals surface area contributed by atoms with Crippen LogP contribution in [0, 0.1) is 22.7 Å². The summed E-state index contributed by atoms with van der Waals surface area (Å²) < 4.78 is 24.6. The second-order valence-corrected chi connectivity index (χ2v) is 17.3. The third-order valence-electron chi connectivity index (χ3n) is 13.3. The van der Waals surface area contributed by atoms with Crippen LogP contribution in [0.1, 0.15) is 82.4 Å². The highest BCUT2D eigenvalue weighted by Crippen LogP contribution is 2.68. The Balaban J connectivity index is 1.12. The Morgan fingerprint density at radius 2 is 1.86 bits per heavy atom. The van der Waals surface area contributed by atoms with E-state index < -0.39 is 41.7 Å². The van der Waals surface area contributed by atoms with E-state index in [4.69, 9.17) is 24.7 Å². The number of fused-ring (bicyclic) bond motifs is 1. The summed E-state index contributed by atoms with van der Waals surface area (Å²) >= 11 is 0. The lowest BCUT2D eigenvalue weighted by atomic mass is 9.46. The first-order valence-electron chi connectivity index (χ1n) is 21.1. The van der Waals surface area contributed by atoms with Crippen LogP contribution in [0.5, 0.6) is 28.7 Å². The van der Waals surface area contributed by atoms with Crippen molar-refractivity contribution < 1.29 is 49.3 Å². The summed E-state index contributed by atoms with van der Waals surface area (Å²) in [5.41, 5.74) is 7.87. The number of hydrogen-bond donors (Lipinski definition) is 9. The zero-order chi connectivity index (χ0) is 41.9. The van der Waals surface area contributed by atoms with E-state index in [0.29, 0.717) is 55.9 Å². The first kappa shape index (κ1) is 42.6. The number of methoxy groups -OCH3 is 1. The summed E-state index contributed by atoms with van der Waals surface area (Å²) in [6, 6.07) is 8.35. The van der Waals surface area contributed by atoms with Crippen molar-refractivity contribution in [3.63, 3.8) is 0 Å². The van der Waals surface area contributed by atoms with Crippen LogP contribution in [-0.4, -0.2) is 95.4 Å². The number of aromatic hydroxyl groups is 2. The molecule has 3 heterocycles. The minimum absolute atomic E-state index is 0.0150. The lowest BCUT2D eigenvalue weighted by Gasteiger charge is -2.61. The normalized spacial score (nSPS) is 30.4. The number of piperidine rings is 1. The van der Waals surface area contributed by atoms with Gasteiger partial charge in [-0.15, -0.1) is 0 Å². The summed E-state index contributed by atoms with van der Waals surface area (Å²) in [7, 11) is 1.47. The fourth-order valence-corrected chi connectivity index (χ4v) is 11.0. The fraction of sp³-hybridized carbons (Fsp3) is 0.578. The average molecular weight is 819 g/mol. The number of phenols is 2. The Kier molecular flexibility index (Phi) is 13.0. The van der Waals surface area contributed by atoms with E-state index in [1.807, 2.05) is 18.2 Å². The zero-order valence-electron chi connectivity index (χ0n) is 34.4. The van der Waals surface area contributed by atoms with Crippen LogP contribution in [0.2, 0.25) is 0 Å². The molecule has 2 saturated heterocycles. The second-order valence-electron chi connectivity index (χ2n) is 17.3. The summed E-state index contributed by atoms with van der Waals surface area (Å²) in [4.78, 5) is 13.3. The van der Waals surface area contributed by atoms with Crippen molar-refractivity contribution >= 4 is 5.97 Å². The quantitative estimate of drug-likeness (QED) is 0.0687. The smallest absolute Gasteiger partial charge is 0.311 e. The predicted octanol–water partition coefficient (Wildman–Crippen LogP) is 4.52. The summed E-state index contributed by atoms with van der Waals surface area (Å²) in [5.74, 6) is -0.737. The largest absolute Gasteiger partial charge is 0.504 e. The van der Waals surface area contributed by atoms with Crippen LogP contribution in [0.15, 0.2) is 66.0 Å². The molecule has 2 aromatic rings. The Hall–Kier alpha value is -4.47. The van der Waals surface area contributed by atoms with Crippen LogP contribution in [0.25, 0.3) is 0 Å². The molecule has 322 valence electrons. The van der Waals surface area contributed by atoms with Gasteiger partial charge in [0.2, 0.25) is 5.75 Å². The molecule has 3 fully saturated rings. The third kappa shape index (κ3) is 8.74. The zero-order valence-corrected chi connectivity index (χ0v) is 34.4. The maximum absolute atomic E-state index is 13.3. The highest BCUT2D eigenvalue weighted by atomic mass is 16.5. The van der Waals surface area contributed by atoms with Crippen molar-refractivity contribution in [2.75, 3.05) is 33.5 Å². The van der Waals surface area contributed by atoms with Crippen molar-refractivity contribution in [1.29, 1.82) is 0 Å². The number of aliphatic hydroxyl groups is 2. The van der Waals surface area contributed by atoms with Gasteiger partial charge in [0.15, 0.2) is 23.0 Å². The minimum Gasteiger partial charge on any atom is -0.504 e. The van der Waals surface area contributed by atoms with Gasteiger partial charge in [-0.1, -0.05) is 37.1 Å². The number of rotatable bonds is 15. The van der Waals surface area contributed by atoms with E-state index in [-0.39, 0.29) is 59.8 Å². The third-order valence-corrected chi connectivity index (χ3v) is 13.3. The van der Waals surface area contributed by atoms with Gasteiger partial charge in [-0.3, -0.25) is 10.1 Å². The Morgan fingerprint density at radius 1 is 1.08 bits per heavy atom. The number of aryl methyl sites for hydroxylation is 1. The van der Waals surface area contributed by atoms with E-state index in [0.717, 1.165) is 43.2 Å². The second kappa shape index (κ2) is 18.0. The standard InChI is InChI=1S/C45H62N4O10/c1-26-22-44(13-4-5-14-44)45(33(9-10-34(45)43(54)55)29-12-15-48-41(46)19-29)40(49-26)24-57-39-18-30(17-38(56-3)42(39)53)36-21-31(51)20-32(59-36)8-6-28-7-11-35(52)37(16-28)58-25-47-23-27(2)50/h7,9-12,16-19,26-27,31-34,36,40,47-53H,4-6,8,13-15,20-25,46H2,1-3H3,(H,54,55). The van der Waals surface area contributed by atoms with Crippen molar-refractivity contribution in [2.45, 2.75) is 108 Å². The lowest BCUT2D eigenvalue weighted by Crippen LogP contribution is -2.69. The van der Waals surface area contributed by atoms with Crippen LogP contribution < -0.4 is 35.9 Å². The van der Waals surface area contributed by atoms with Crippen LogP contribution in [0.4, 0.5) is 0 Å². The van der Waals surface area contributed by atoms with Crippen LogP contribution in [-0.2, 0) is 16.0 Å². The highest BCUT2D eigenvalue weighted by Gasteiger charge is 2.68. The average Bonchev–Trinajstić information content (AvgIpc) is 3.84. The number of phenolic OH excluding ortho intramolecular Hbond substituents is 2. The van der Waals surface area contributed by atoms with E-state index in [1.54, 1.807) is 31.2 Å². The van der Waals surface area contributed by atoms with Crippen molar-refractivity contribution in [3.8, 4) is 28.7 Å². The SMILES string of the molecule is COc1cc(C2CC(O)CC(CCc3ccc(O)c(OCNCC(C)O)c3)O2)cc(OCC2NC(C)CC3(CCCC3)C23C(C(=O)O)C=CC3C2=CCNC(N)=C2)c1O. The number of dihydropyridines is 1. The fourth-order valence-electron chi connectivity index (χ4n) is 11.0. The molecule has 0 aromatic heterocycles. The topological polar surface area (TPSA) is 217 Å². The van der Waals surface area contributed by atoms with Crippen molar-refractivity contribution in [1.82, 2.24) is 16.0 Å². The monoisotopic (exact) mass is 818 g/mol. The molecule has 0 amide bonds. The molecule has 10 N–H and O–H groups in total. The van der Waals surface area contributed by atoms with Gasteiger partial charge in [0.1, 0.15) is 13.3 Å². The van der Waals surface area contributed by atoms with Crippen molar-refractivity contribution in [3.05, 3.63) is 77.2 Å². The summed E-state index contributed by atoms with van der Waals surface area (Å²) in [6.07, 6.45) is 12.7. The molecule has 1 saturated carbocycles. The molecule has 0 radical (unpaired) electrons. The molecule has 9 atom stereocenters. The number of hydrogen-bond acceptors (Lipinski definition) is 13. The Labute approximate surface area is 346 Å². The van der Waals surface area contributed by atoms with E-state index >= 15 is 0 Å². The molecule has 14 heteroatoms. The first-order chi connectivity index (χ1) is 28.3. The maximum atomic E-state index is 13.3. The number of nitrogens with two attached hydrogens (primary N) is 1. The molecule has 59 heavy (non-hydrogen) atoms. The van der Waals surface area contributed by atoms with Gasteiger partial charge in [0.25, 0.3) is 0 Å². The van der Waals surface area contributed by atoms with E-state index in [9.17, 15) is 30.3 Å². The number of nitrogens with one attached hydrogen (secondary N) is 3. The number of benzene rings is 2. The van der Waals surface area contributed by atoms with E-state index in [1.165, 1.54) is 7.11 Å².